The molecule has 0 aliphatic rings. The first-order valence-corrected chi connectivity index (χ1v) is 6.33. The van der Waals surface area contributed by atoms with Gasteiger partial charge in [-0.2, -0.15) is 0 Å². The lowest BCUT2D eigenvalue weighted by molar-refractivity contribution is 0.223. The third-order valence-electron chi connectivity index (χ3n) is 2.34. The van der Waals surface area contributed by atoms with Crippen LogP contribution < -0.4 is 0 Å². The Bertz CT molecular complexity index is 451. The van der Waals surface area contributed by atoms with Crippen LogP contribution in [0.25, 0.3) is 0 Å². The second kappa shape index (κ2) is 4.47. The van der Waals surface area contributed by atoms with Gasteiger partial charge in [-0.15, -0.1) is 11.3 Å². The average Bonchev–Trinajstić information content (AvgIpc) is 2.69. The van der Waals surface area contributed by atoms with Crippen LogP contribution in [0, 0.1) is 6.92 Å². The van der Waals surface area contributed by atoms with Crippen LogP contribution in [0.4, 0.5) is 0 Å². The number of aliphatic hydroxyl groups excluding tert-OH is 1. The molecule has 3 heteroatoms. The summed E-state index contributed by atoms with van der Waals surface area (Å²) in [6.07, 6.45) is -0.502. The Labute approximate surface area is 102 Å². The monoisotopic (exact) mass is 282 g/mol. The molecule has 2 aromatic rings. The Balaban J connectivity index is 2.38. The van der Waals surface area contributed by atoms with E-state index in [1.54, 1.807) is 11.3 Å². The molecule has 15 heavy (non-hydrogen) atoms. The van der Waals surface area contributed by atoms with E-state index in [0.717, 1.165) is 20.5 Å². The van der Waals surface area contributed by atoms with Crippen molar-refractivity contribution in [1.82, 2.24) is 0 Å². The molecule has 1 aromatic carbocycles. The minimum atomic E-state index is -0.502. The number of hydrogen-bond donors (Lipinski definition) is 1. The van der Waals surface area contributed by atoms with Gasteiger partial charge in [-0.1, -0.05) is 28.1 Å². The first kappa shape index (κ1) is 10.9. The molecule has 1 atom stereocenters. The van der Waals surface area contributed by atoms with Crippen LogP contribution in [0.15, 0.2) is 40.2 Å². The number of aryl methyl sites for hydroxylation is 1. The van der Waals surface area contributed by atoms with E-state index in [-0.39, 0.29) is 0 Å². The van der Waals surface area contributed by atoms with Gasteiger partial charge in [0.15, 0.2) is 0 Å². The summed E-state index contributed by atoms with van der Waals surface area (Å²) < 4.78 is 1.04. The van der Waals surface area contributed by atoms with Crippen LogP contribution in [-0.2, 0) is 0 Å². The van der Waals surface area contributed by atoms with Gasteiger partial charge in [0.2, 0.25) is 0 Å². The van der Waals surface area contributed by atoms with Gasteiger partial charge in [0.05, 0.1) is 0 Å². The van der Waals surface area contributed by atoms with Crippen molar-refractivity contribution in [3.05, 3.63) is 56.2 Å². The Morgan fingerprint density at radius 3 is 2.73 bits per heavy atom. The van der Waals surface area contributed by atoms with Crippen LogP contribution in [0.5, 0.6) is 0 Å². The third kappa shape index (κ3) is 2.30. The Morgan fingerprint density at radius 2 is 2.13 bits per heavy atom. The summed E-state index contributed by atoms with van der Waals surface area (Å²) in [7, 11) is 0. The Morgan fingerprint density at radius 1 is 1.33 bits per heavy atom. The Hall–Kier alpha value is -0.640. The van der Waals surface area contributed by atoms with Crippen LogP contribution in [-0.4, -0.2) is 5.11 Å². The number of hydrogen-bond acceptors (Lipinski definition) is 2. The van der Waals surface area contributed by atoms with Crippen molar-refractivity contribution in [2.75, 3.05) is 0 Å². The SMILES string of the molecule is Cc1cc(Br)ccc1C(O)c1cccs1. The second-order valence-electron chi connectivity index (χ2n) is 3.42. The summed E-state index contributed by atoms with van der Waals surface area (Å²) in [6.45, 7) is 2.01. The van der Waals surface area contributed by atoms with E-state index in [4.69, 9.17) is 0 Å². The zero-order valence-electron chi connectivity index (χ0n) is 8.27. The second-order valence-corrected chi connectivity index (χ2v) is 5.31. The number of rotatable bonds is 2. The Kier molecular flexibility index (Phi) is 3.24. The van der Waals surface area contributed by atoms with Gasteiger partial charge in [-0.05, 0) is 41.6 Å². The molecular formula is C12H11BrOS. The molecule has 0 fully saturated rings. The van der Waals surface area contributed by atoms with E-state index in [1.165, 1.54) is 0 Å². The molecule has 1 unspecified atom stereocenters. The highest BCUT2D eigenvalue weighted by atomic mass is 79.9. The predicted molar refractivity (Wildman–Crippen MR) is 67.3 cm³/mol. The fourth-order valence-corrected chi connectivity index (χ4v) is 2.75. The third-order valence-corrected chi connectivity index (χ3v) is 3.76. The molecule has 0 saturated heterocycles. The van der Waals surface area contributed by atoms with Crippen molar-refractivity contribution < 1.29 is 5.11 Å². The molecular weight excluding hydrogens is 272 g/mol. The molecule has 0 radical (unpaired) electrons. The molecule has 1 nitrogen and oxygen atoms in total. The van der Waals surface area contributed by atoms with Gasteiger partial charge in [-0.25, -0.2) is 0 Å². The lowest BCUT2D eigenvalue weighted by Gasteiger charge is -2.12. The summed E-state index contributed by atoms with van der Waals surface area (Å²) in [5.74, 6) is 0. The van der Waals surface area contributed by atoms with Crippen LogP contribution in [0.1, 0.15) is 22.1 Å². The molecule has 0 saturated carbocycles. The van der Waals surface area contributed by atoms with E-state index in [2.05, 4.69) is 15.9 Å². The molecule has 0 bridgehead atoms. The molecule has 78 valence electrons. The quantitative estimate of drug-likeness (QED) is 0.886. The van der Waals surface area contributed by atoms with Gasteiger partial charge >= 0.3 is 0 Å². The van der Waals surface area contributed by atoms with Gasteiger partial charge in [0.25, 0.3) is 0 Å². The van der Waals surface area contributed by atoms with Gasteiger partial charge in [0.1, 0.15) is 6.10 Å². The molecule has 0 aliphatic carbocycles. The van der Waals surface area contributed by atoms with Crippen molar-refractivity contribution >= 4 is 27.3 Å². The molecule has 1 heterocycles. The van der Waals surface area contributed by atoms with E-state index in [9.17, 15) is 5.11 Å². The highest BCUT2D eigenvalue weighted by Gasteiger charge is 2.13. The number of benzene rings is 1. The smallest absolute Gasteiger partial charge is 0.113 e. The molecule has 1 N–H and O–H groups in total. The topological polar surface area (TPSA) is 20.2 Å². The molecule has 2 rings (SSSR count). The van der Waals surface area contributed by atoms with Gasteiger partial charge in [-0.3, -0.25) is 0 Å². The standard InChI is InChI=1S/C12H11BrOS/c1-8-7-9(13)4-5-10(8)12(14)11-3-2-6-15-11/h2-7,12,14H,1H3. The first-order valence-electron chi connectivity index (χ1n) is 4.66. The molecule has 0 spiro atoms. The predicted octanol–water partition coefficient (Wildman–Crippen LogP) is 3.90. The van der Waals surface area contributed by atoms with Crippen LogP contribution in [0.2, 0.25) is 0 Å². The van der Waals surface area contributed by atoms with E-state index in [1.807, 2.05) is 42.6 Å². The van der Waals surface area contributed by atoms with Crippen LogP contribution >= 0.6 is 27.3 Å². The summed E-state index contributed by atoms with van der Waals surface area (Å²) in [4.78, 5) is 0.987. The van der Waals surface area contributed by atoms with Crippen molar-refractivity contribution in [3.8, 4) is 0 Å². The summed E-state index contributed by atoms with van der Waals surface area (Å²) in [5.41, 5.74) is 2.07. The van der Waals surface area contributed by atoms with E-state index < -0.39 is 6.10 Å². The number of halogens is 1. The van der Waals surface area contributed by atoms with Gasteiger partial charge < -0.3 is 5.11 Å². The van der Waals surface area contributed by atoms with E-state index in [0.29, 0.717) is 0 Å². The zero-order chi connectivity index (χ0) is 10.8. The largest absolute Gasteiger partial charge is 0.383 e. The average molecular weight is 283 g/mol. The van der Waals surface area contributed by atoms with Crippen LogP contribution in [0.3, 0.4) is 0 Å². The number of aliphatic hydroxyl groups is 1. The van der Waals surface area contributed by atoms with Crippen molar-refractivity contribution in [2.45, 2.75) is 13.0 Å². The van der Waals surface area contributed by atoms with Crippen molar-refractivity contribution in [2.24, 2.45) is 0 Å². The normalized spacial score (nSPS) is 12.7. The highest BCUT2D eigenvalue weighted by Crippen LogP contribution is 2.29. The molecule has 0 amide bonds. The molecule has 0 aliphatic heterocycles. The fraction of sp³-hybridized carbons (Fsp3) is 0.167. The number of thiophene rings is 1. The van der Waals surface area contributed by atoms with E-state index >= 15 is 0 Å². The lowest BCUT2D eigenvalue weighted by atomic mass is 10.0. The summed E-state index contributed by atoms with van der Waals surface area (Å²) in [5, 5.41) is 12.1. The fourth-order valence-electron chi connectivity index (χ4n) is 1.55. The van der Waals surface area contributed by atoms with Crippen molar-refractivity contribution in [3.63, 3.8) is 0 Å². The maximum atomic E-state index is 10.1. The molecule has 1 aromatic heterocycles. The lowest BCUT2D eigenvalue weighted by Crippen LogP contribution is -1.99. The summed E-state index contributed by atoms with van der Waals surface area (Å²) >= 11 is 4.99. The minimum absolute atomic E-state index is 0.502. The minimum Gasteiger partial charge on any atom is -0.383 e. The maximum absolute atomic E-state index is 10.1. The first-order chi connectivity index (χ1) is 7.18. The van der Waals surface area contributed by atoms with Crippen molar-refractivity contribution in [1.29, 1.82) is 0 Å². The highest BCUT2D eigenvalue weighted by molar-refractivity contribution is 9.10. The van der Waals surface area contributed by atoms with Gasteiger partial charge in [0, 0.05) is 9.35 Å². The maximum Gasteiger partial charge on any atom is 0.113 e. The summed E-state index contributed by atoms with van der Waals surface area (Å²) in [6, 6.07) is 9.85. The zero-order valence-corrected chi connectivity index (χ0v) is 10.7.